The summed E-state index contributed by atoms with van der Waals surface area (Å²) in [6, 6.07) is 17.7. The van der Waals surface area contributed by atoms with Crippen molar-refractivity contribution in [2.24, 2.45) is 0 Å². The van der Waals surface area contributed by atoms with E-state index in [1.165, 1.54) is 5.56 Å². The van der Waals surface area contributed by atoms with E-state index in [1.54, 1.807) is 7.11 Å². The number of para-hydroxylation sites is 2. The molecular formula is C19H23NO2. The number of hydrogen-bond donors (Lipinski definition) is 1. The first-order valence-electron chi connectivity index (χ1n) is 7.51. The molecule has 2 rings (SSSR count). The van der Waals surface area contributed by atoms with Crippen LogP contribution in [0.25, 0.3) is 0 Å². The monoisotopic (exact) mass is 297 g/mol. The molecule has 0 saturated carbocycles. The summed E-state index contributed by atoms with van der Waals surface area (Å²) in [5.74, 6) is 0.687. The van der Waals surface area contributed by atoms with Crippen molar-refractivity contribution < 1.29 is 9.53 Å². The molecule has 0 unspecified atom stereocenters. The van der Waals surface area contributed by atoms with Crippen molar-refractivity contribution in [3.63, 3.8) is 0 Å². The summed E-state index contributed by atoms with van der Waals surface area (Å²) in [7, 11) is 1.60. The van der Waals surface area contributed by atoms with Gasteiger partial charge in [-0.1, -0.05) is 56.3 Å². The molecule has 116 valence electrons. The van der Waals surface area contributed by atoms with Crippen LogP contribution in [0.4, 0.5) is 5.69 Å². The van der Waals surface area contributed by atoms with Crippen LogP contribution >= 0.6 is 0 Å². The van der Waals surface area contributed by atoms with Crippen molar-refractivity contribution in [1.29, 1.82) is 0 Å². The maximum absolute atomic E-state index is 12.2. The molecule has 0 bridgehead atoms. The molecule has 0 saturated heterocycles. The second-order valence-corrected chi connectivity index (χ2v) is 6.00. The maximum atomic E-state index is 12.2. The van der Waals surface area contributed by atoms with Crippen molar-refractivity contribution in [1.82, 2.24) is 0 Å². The summed E-state index contributed by atoms with van der Waals surface area (Å²) in [5, 5.41) is 2.92. The molecule has 0 atom stereocenters. The van der Waals surface area contributed by atoms with Gasteiger partial charge in [-0.2, -0.15) is 0 Å². The quantitative estimate of drug-likeness (QED) is 0.858. The predicted molar refractivity (Wildman–Crippen MR) is 90.3 cm³/mol. The minimum atomic E-state index is -0.0284. The Hall–Kier alpha value is -2.29. The van der Waals surface area contributed by atoms with Crippen LogP contribution in [0.5, 0.6) is 5.75 Å². The Morgan fingerprint density at radius 3 is 2.36 bits per heavy atom. The summed E-state index contributed by atoms with van der Waals surface area (Å²) in [4.78, 5) is 12.2. The standard InChI is InChI=1S/C19H23NO2/c1-19(2,15-9-5-4-6-10-15)14-13-18(21)20-16-11-7-8-12-17(16)22-3/h4-12H,13-14H2,1-3H3,(H,20,21). The third-order valence-electron chi connectivity index (χ3n) is 3.91. The van der Waals surface area contributed by atoms with Gasteiger partial charge >= 0.3 is 0 Å². The molecule has 22 heavy (non-hydrogen) atoms. The van der Waals surface area contributed by atoms with Crippen LogP contribution in [-0.4, -0.2) is 13.0 Å². The van der Waals surface area contributed by atoms with E-state index in [0.717, 1.165) is 6.42 Å². The summed E-state index contributed by atoms with van der Waals surface area (Å²) >= 11 is 0. The van der Waals surface area contributed by atoms with Crippen LogP contribution in [0.1, 0.15) is 32.3 Å². The topological polar surface area (TPSA) is 38.3 Å². The average Bonchev–Trinajstić information content (AvgIpc) is 2.54. The highest BCUT2D eigenvalue weighted by Crippen LogP contribution is 2.29. The number of rotatable bonds is 6. The van der Waals surface area contributed by atoms with Gasteiger partial charge in [0.25, 0.3) is 0 Å². The molecular weight excluding hydrogens is 274 g/mol. The lowest BCUT2D eigenvalue weighted by molar-refractivity contribution is -0.116. The second kappa shape index (κ2) is 7.12. The fourth-order valence-electron chi connectivity index (χ4n) is 2.42. The number of nitrogens with one attached hydrogen (secondary N) is 1. The largest absolute Gasteiger partial charge is 0.495 e. The lowest BCUT2D eigenvalue weighted by Crippen LogP contribution is -2.21. The normalized spacial score (nSPS) is 11.0. The smallest absolute Gasteiger partial charge is 0.224 e. The molecule has 3 nitrogen and oxygen atoms in total. The van der Waals surface area contributed by atoms with E-state index in [-0.39, 0.29) is 11.3 Å². The molecule has 1 N–H and O–H groups in total. The highest BCUT2D eigenvalue weighted by atomic mass is 16.5. The van der Waals surface area contributed by atoms with Crippen LogP contribution < -0.4 is 10.1 Å². The molecule has 3 heteroatoms. The molecule has 0 aliphatic carbocycles. The van der Waals surface area contributed by atoms with Crippen LogP contribution in [0.2, 0.25) is 0 Å². The van der Waals surface area contributed by atoms with Gasteiger partial charge in [0.15, 0.2) is 0 Å². The zero-order valence-corrected chi connectivity index (χ0v) is 13.4. The lowest BCUT2D eigenvalue weighted by Gasteiger charge is -2.25. The molecule has 0 radical (unpaired) electrons. The zero-order chi connectivity index (χ0) is 16.0. The van der Waals surface area contributed by atoms with Crippen molar-refractivity contribution in [2.75, 3.05) is 12.4 Å². The van der Waals surface area contributed by atoms with Gasteiger partial charge in [-0.3, -0.25) is 4.79 Å². The Kier molecular flexibility index (Phi) is 5.21. The Morgan fingerprint density at radius 1 is 1.05 bits per heavy atom. The SMILES string of the molecule is COc1ccccc1NC(=O)CCC(C)(C)c1ccccc1. The predicted octanol–water partition coefficient (Wildman–Crippen LogP) is 4.39. The van der Waals surface area contributed by atoms with Gasteiger partial charge in [0.05, 0.1) is 12.8 Å². The van der Waals surface area contributed by atoms with E-state index < -0.39 is 0 Å². The van der Waals surface area contributed by atoms with Gasteiger partial charge in [0.2, 0.25) is 5.91 Å². The van der Waals surface area contributed by atoms with Crippen molar-refractivity contribution in [3.05, 3.63) is 60.2 Å². The van der Waals surface area contributed by atoms with Crippen LogP contribution in [0, 0.1) is 0 Å². The van der Waals surface area contributed by atoms with Crippen LogP contribution in [-0.2, 0) is 10.2 Å². The summed E-state index contributed by atoms with van der Waals surface area (Å²) in [6.45, 7) is 4.33. The molecule has 0 fully saturated rings. The molecule has 0 aromatic heterocycles. The average molecular weight is 297 g/mol. The van der Waals surface area contributed by atoms with E-state index in [4.69, 9.17) is 4.74 Å². The molecule has 0 heterocycles. The van der Waals surface area contributed by atoms with E-state index in [9.17, 15) is 4.79 Å². The third kappa shape index (κ3) is 4.10. The highest BCUT2D eigenvalue weighted by molar-refractivity contribution is 5.92. The summed E-state index contributed by atoms with van der Waals surface area (Å²) in [6.07, 6.45) is 1.26. The number of amides is 1. The van der Waals surface area contributed by atoms with Gasteiger partial charge < -0.3 is 10.1 Å². The van der Waals surface area contributed by atoms with Crippen molar-refractivity contribution in [3.8, 4) is 5.75 Å². The van der Waals surface area contributed by atoms with Crippen LogP contribution in [0.15, 0.2) is 54.6 Å². The number of anilines is 1. The number of methoxy groups -OCH3 is 1. The molecule has 1 amide bonds. The van der Waals surface area contributed by atoms with Gasteiger partial charge in [0, 0.05) is 6.42 Å². The van der Waals surface area contributed by atoms with E-state index in [0.29, 0.717) is 17.9 Å². The van der Waals surface area contributed by atoms with Gasteiger partial charge in [-0.25, -0.2) is 0 Å². The fraction of sp³-hybridized carbons (Fsp3) is 0.316. The molecule has 0 spiro atoms. The highest BCUT2D eigenvalue weighted by Gasteiger charge is 2.21. The first-order valence-corrected chi connectivity index (χ1v) is 7.51. The first-order chi connectivity index (χ1) is 10.5. The van der Waals surface area contributed by atoms with E-state index in [1.807, 2.05) is 42.5 Å². The Labute approximate surface area is 132 Å². The molecule has 2 aromatic rings. The lowest BCUT2D eigenvalue weighted by atomic mass is 9.80. The van der Waals surface area contributed by atoms with E-state index >= 15 is 0 Å². The number of ether oxygens (including phenoxy) is 1. The fourth-order valence-corrected chi connectivity index (χ4v) is 2.42. The molecule has 0 aliphatic rings. The summed E-state index contributed by atoms with van der Waals surface area (Å²) in [5.41, 5.74) is 1.94. The Balaban J connectivity index is 1.95. The van der Waals surface area contributed by atoms with Gasteiger partial charge in [-0.05, 0) is 29.5 Å². The minimum Gasteiger partial charge on any atom is -0.495 e. The Morgan fingerprint density at radius 2 is 1.68 bits per heavy atom. The van der Waals surface area contributed by atoms with Crippen LogP contribution in [0.3, 0.4) is 0 Å². The number of hydrogen-bond acceptors (Lipinski definition) is 2. The second-order valence-electron chi connectivity index (χ2n) is 6.00. The van der Waals surface area contributed by atoms with Crippen molar-refractivity contribution in [2.45, 2.75) is 32.1 Å². The third-order valence-corrected chi connectivity index (χ3v) is 3.91. The molecule has 2 aromatic carbocycles. The minimum absolute atomic E-state index is 0.00788. The van der Waals surface area contributed by atoms with Gasteiger partial charge in [-0.15, -0.1) is 0 Å². The summed E-state index contributed by atoms with van der Waals surface area (Å²) < 4.78 is 5.25. The van der Waals surface area contributed by atoms with Crippen molar-refractivity contribution >= 4 is 11.6 Å². The van der Waals surface area contributed by atoms with E-state index in [2.05, 4.69) is 31.3 Å². The van der Waals surface area contributed by atoms with Gasteiger partial charge in [0.1, 0.15) is 5.75 Å². The molecule has 0 aliphatic heterocycles. The number of carbonyl (C=O) groups is 1. The zero-order valence-electron chi connectivity index (χ0n) is 13.4. The maximum Gasteiger partial charge on any atom is 0.224 e. The first kappa shape index (κ1) is 16.1. The number of carbonyl (C=O) groups excluding carboxylic acids is 1. The number of benzene rings is 2. The Bertz CT molecular complexity index is 620.